The molecule has 1 aliphatic rings. The zero-order valence-electron chi connectivity index (χ0n) is 12.4. The lowest BCUT2D eigenvalue weighted by molar-refractivity contribution is 0.0747. The first-order chi connectivity index (χ1) is 9.88. The molecule has 1 aromatic rings. The fourth-order valence-electron chi connectivity index (χ4n) is 2.36. The molecule has 0 spiro atoms. The number of nitrogens with zero attached hydrogens (tertiary/aromatic N) is 2. The SMILES string of the molecule is CCCc1[nH]nc(C(=O)N(CC)CC2CC2)c1S(N)(=O)=O. The molecule has 1 aliphatic carbocycles. The van der Waals surface area contributed by atoms with Gasteiger partial charge in [-0.2, -0.15) is 5.10 Å². The van der Waals surface area contributed by atoms with Crippen molar-refractivity contribution in [2.24, 2.45) is 11.1 Å². The Bertz CT molecular complexity index is 619. The number of aromatic nitrogens is 2. The Balaban J connectivity index is 2.35. The first-order valence-corrected chi connectivity index (χ1v) is 8.82. The van der Waals surface area contributed by atoms with E-state index in [9.17, 15) is 13.2 Å². The number of carbonyl (C=O) groups excluding carboxylic acids is 1. The van der Waals surface area contributed by atoms with Crippen molar-refractivity contribution >= 4 is 15.9 Å². The van der Waals surface area contributed by atoms with Crippen LogP contribution in [0.2, 0.25) is 0 Å². The van der Waals surface area contributed by atoms with Gasteiger partial charge in [-0.25, -0.2) is 13.6 Å². The summed E-state index contributed by atoms with van der Waals surface area (Å²) < 4.78 is 23.6. The van der Waals surface area contributed by atoms with Gasteiger partial charge >= 0.3 is 0 Å². The van der Waals surface area contributed by atoms with E-state index < -0.39 is 10.0 Å². The molecule has 21 heavy (non-hydrogen) atoms. The third-order valence-electron chi connectivity index (χ3n) is 3.62. The predicted octanol–water partition coefficient (Wildman–Crippen LogP) is 0.882. The number of rotatable bonds is 7. The summed E-state index contributed by atoms with van der Waals surface area (Å²) in [6.07, 6.45) is 3.46. The fraction of sp³-hybridized carbons (Fsp3) is 0.692. The number of nitrogens with two attached hydrogens (primary N) is 1. The Morgan fingerprint density at radius 1 is 1.43 bits per heavy atom. The second-order valence-corrected chi connectivity index (χ2v) is 6.96. The van der Waals surface area contributed by atoms with Gasteiger partial charge < -0.3 is 4.90 Å². The molecule has 0 aliphatic heterocycles. The number of carbonyl (C=O) groups is 1. The highest BCUT2D eigenvalue weighted by atomic mass is 32.2. The second-order valence-electron chi connectivity index (χ2n) is 5.46. The summed E-state index contributed by atoms with van der Waals surface area (Å²) >= 11 is 0. The van der Waals surface area contributed by atoms with E-state index in [1.807, 2.05) is 13.8 Å². The summed E-state index contributed by atoms with van der Waals surface area (Å²) in [5.74, 6) is 0.160. The molecule has 1 saturated carbocycles. The smallest absolute Gasteiger partial charge is 0.275 e. The summed E-state index contributed by atoms with van der Waals surface area (Å²) in [4.78, 5) is 14.0. The lowest BCUT2D eigenvalue weighted by Gasteiger charge is -2.19. The van der Waals surface area contributed by atoms with Crippen molar-refractivity contribution in [2.45, 2.75) is 44.4 Å². The van der Waals surface area contributed by atoms with E-state index in [-0.39, 0.29) is 16.5 Å². The predicted molar refractivity (Wildman–Crippen MR) is 78.3 cm³/mol. The molecular weight excluding hydrogens is 292 g/mol. The number of aryl methyl sites for hydroxylation is 1. The van der Waals surface area contributed by atoms with Crippen molar-refractivity contribution in [1.82, 2.24) is 15.1 Å². The molecule has 118 valence electrons. The molecule has 0 bridgehead atoms. The minimum atomic E-state index is -3.98. The van der Waals surface area contributed by atoms with E-state index in [1.54, 1.807) is 4.90 Å². The summed E-state index contributed by atoms with van der Waals surface area (Å²) in [6.45, 7) is 4.96. The van der Waals surface area contributed by atoms with Gasteiger partial charge in [0.1, 0.15) is 4.90 Å². The maximum atomic E-state index is 12.5. The van der Waals surface area contributed by atoms with Gasteiger partial charge in [0.15, 0.2) is 5.69 Å². The Labute approximate surface area is 124 Å². The average molecular weight is 314 g/mol. The zero-order chi connectivity index (χ0) is 15.6. The molecule has 0 atom stereocenters. The quantitative estimate of drug-likeness (QED) is 0.778. The lowest BCUT2D eigenvalue weighted by atomic mass is 10.2. The molecule has 0 unspecified atom stereocenters. The van der Waals surface area contributed by atoms with Gasteiger partial charge in [0.25, 0.3) is 5.91 Å². The number of primary sulfonamides is 1. The van der Waals surface area contributed by atoms with Crippen LogP contribution in [0.4, 0.5) is 0 Å². The Morgan fingerprint density at radius 3 is 2.57 bits per heavy atom. The summed E-state index contributed by atoms with van der Waals surface area (Å²) in [5.41, 5.74) is 0.328. The Hall–Kier alpha value is -1.41. The van der Waals surface area contributed by atoms with Gasteiger partial charge in [0, 0.05) is 13.1 Å². The summed E-state index contributed by atoms with van der Waals surface area (Å²) in [5, 5.41) is 11.8. The Kier molecular flexibility index (Phi) is 4.67. The van der Waals surface area contributed by atoms with Gasteiger partial charge in [-0.1, -0.05) is 13.3 Å². The average Bonchev–Trinajstić information content (AvgIpc) is 3.12. The van der Waals surface area contributed by atoms with Crippen molar-refractivity contribution < 1.29 is 13.2 Å². The van der Waals surface area contributed by atoms with Crippen molar-refractivity contribution in [3.8, 4) is 0 Å². The van der Waals surface area contributed by atoms with E-state index in [1.165, 1.54) is 0 Å². The number of aromatic amines is 1. The highest BCUT2D eigenvalue weighted by Crippen LogP contribution is 2.30. The lowest BCUT2D eigenvalue weighted by Crippen LogP contribution is -2.34. The van der Waals surface area contributed by atoms with Crippen LogP contribution in [0.15, 0.2) is 4.90 Å². The van der Waals surface area contributed by atoms with Crippen molar-refractivity contribution in [1.29, 1.82) is 0 Å². The molecule has 1 amide bonds. The van der Waals surface area contributed by atoms with Crippen LogP contribution >= 0.6 is 0 Å². The molecule has 2 rings (SSSR count). The molecule has 8 heteroatoms. The van der Waals surface area contributed by atoms with Gasteiger partial charge in [-0.05, 0) is 32.1 Å². The van der Waals surface area contributed by atoms with Gasteiger partial charge in [0.2, 0.25) is 10.0 Å². The molecule has 1 aromatic heterocycles. The van der Waals surface area contributed by atoms with Crippen LogP contribution in [0.25, 0.3) is 0 Å². The largest absolute Gasteiger partial charge is 0.337 e. The van der Waals surface area contributed by atoms with Crippen LogP contribution in [0.1, 0.15) is 49.3 Å². The van der Waals surface area contributed by atoms with Crippen LogP contribution in [0.5, 0.6) is 0 Å². The number of nitrogens with one attached hydrogen (secondary N) is 1. The Morgan fingerprint density at radius 2 is 2.10 bits per heavy atom. The second kappa shape index (κ2) is 6.15. The normalized spacial score (nSPS) is 15.2. The standard InChI is InChI=1S/C13H22N4O3S/c1-3-5-10-12(21(14,19)20)11(16-15-10)13(18)17(4-2)8-9-6-7-9/h9H,3-8H2,1-2H3,(H,15,16)(H2,14,19,20). The topological polar surface area (TPSA) is 109 Å². The molecule has 0 radical (unpaired) electrons. The van der Waals surface area contributed by atoms with Gasteiger partial charge in [-0.15, -0.1) is 0 Å². The van der Waals surface area contributed by atoms with E-state index >= 15 is 0 Å². The maximum Gasteiger partial charge on any atom is 0.275 e. The molecule has 7 nitrogen and oxygen atoms in total. The number of hydrogen-bond donors (Lipinski definition) is 2. The molecule has 1 heterocycles. The number of amides is 1. The first-order valence-electron chi connectivity index (χ1n) is 7.27. The van der Waals surface area contributed by atoms with Gasteiger partial charge in [-0.3, -0.25) is 9.89 Å². The summed E-state index contributed by atoms with van der Waals surface area (Å²) in [6, 6.07) is 0. The molecule has 0 saturated heterocycles. The minimum absolute atomic E-state index is 0.0801. The van der Waals surface area contributed by atoms with Crippen molar-refractivity contribution in [2.75, 3.05) is 13.1 Å². The molecule has 1 fully saturated rings. The van der Waals surface area contributed by atoms with E-state index in [0.29, 0.717) is 31.1 Å². The molecule has 3 N–H and O–H groups in total. The highest BCUT2D eigenvalue weighted by molar-refractivity contribution is 7.89. The van der Waals surface area contributed by atoms with Crippen LogP contribution < -0.4 is 5.14 Å². The number of sulfonamides is 1. The monoisotopic (exact) mass is 314 g/mol. The molecular formula is C13H22N4O3S. The first kappa shape index (κ1) is 16.0. The third kappa shape index (κ3) is 3.62. The number of hydrogen-bond acceptors (Lipinski definition) is 4. The minimum Gasteiger partial charge on any atom is -0.337 e. The summed E-state index contributed by atoms with van der Waals surface area (Å²) in [7, 11) is -3.98. The van der Waals surface area contributed by atoms with E-state index in [0.717, 1.165) is 19.3 Å². The van der Waals surface area contributed by atoms with Crippen molar-refractivity contribution in [3.05, 3.63) is 11.4 Å². The van der Waals surface area contributed by atoms with Crippen molar-refractivity contribution in [3.63, 3.8) is 0 Å². The van der Waals surface area contributed by atoms with Crippen LogP contribution in [0, 0.1) is 5.92 Å². The van der Waals surface area contributed by atoms with Crippen LogP contribution in [0.3, 0.4) is 0 Å². The van der Waals surface area contributed by atoms with Crippen LogP contribution in [-0.4, -0.2) is 42.5 Å². The third-order valence-corrected chi connectivity index (χ3v) is 4.63. The molecule has 0 aromatic carbocycles. The number of H-pyrrole nitrogens is 1. The van der Waals surface area contributed by atoms with E-state index in [2.05, 4.69) is 10.2 Å². The zero-order valence-corrected chi connectivity index (χ0v) is 13.2. The van der Waals surface area contributed by atoms with Crippen LogP contribution in [-0.2, 0) is 16.4 Å². The van der Waals surface area contributed by atoms with Gasteiger partial charge in [0.05, 0.1) is 5.69 Å². The maximum absolute atomic E-state index is 12.5. The highest BCUT2D eigenvalue weighted by Gasteiger charge is 2.32. The fourth-order valence-corrected chi connectivity index (χ4v) is 3.25. The van der Waals surface area contributed by atoms with E-state index in [4.69, 9.17) is 5.14 Å².